The number of aromatic nitrogens is 3. The maximum absolute atomic E-state index is 5.33. The van der Waals surface area contributed by atoms with E-state index in [1.54, 1.807) is 17.3 Å². The largest absolute Gasteiger partial charge is 0.289 e. The van der Waals surface area contributed by atoms with Crippen LogP contribution in [0.5, 0.6) is 0 Å². The Morgan fingerprint density at radius 1 is 1.78 bits per heavy atom. The van der Waals surface area contributed by atoms with Crippen molar-refractivity contribution in [2.75, 3.05) is 11.2 Å². The summed E-state index contributed by atoms with van der Waals surface area (Å²) in [5, 5.41) is 4.83. The van der Waals surface area contributed by atoms with E-state index in [4.69, 9.17) is 5.84 Å². The van der Waals surface area contributed by atoms with E-state index in [9.17, 15) is 0 Å². The van der Waals surface area contributed by atoms with Gasteiger partial charge in [0, 0.05) is 10.4 Å². The Hall–Kier alpha value is -0.580. The van der Waals surface area contributed by atoms with E-state index in [1.165, 1.54) is 4.68 Å². The van der Waals surface area contributed by atoms with Crippen LogP contribution in [0.2, 0.25) is 0 Å². The van der Waals surface area contributed by atoms with E-state index in [0.717, 1.165) is 11.9 Å². The van der Waals surface area contributed by atoms with Gasteiger partial charge in [-0.15, -0.1) is 9.36 Å². The standard InChI is InChI=1S/C4H8BrN4/c5-1-2-9-4-8(6)3-7-9/h3-4H,1-2,6H2/q+1. The second kappa shape index (κ2) is 2.82. The number of rotatable bonds is 2. The van der Waals surface area contributed by atoms with Crippen molar-refractivity contribution >= 4 is 15.9 Å². The molecule has 0 aliphatic carbocycles. The lowest BCUT2D eigenvalue weighted by molar-refractivity contribution is -0.639. The van der Waals surface area contributed by atoms with Gasteiger partial charge < -0.3 is 0 Å². The molecule has 0 unspecified atom stereocenters. The molecule has 0 spiro atoms. The van der Waals surface area contributed by atoms with Crippen LogP contribution >= 0.6 is 15.9 Å². The number of nitrogens with two attached hydrogens (primary N) is 1. The summed E-state index contributed by atoms with van der Waals surface area (Å²) in [6.07, 6.45) is 3.28. The Bertz CT molecular complexity index is 184. The zero-order chi connectivity index (χ0) is 6.69. The Kier molecular flexibility index (Phi) is 2.05. The highest BCUT2D eigenvalue weighted by Crippen LogP contribution is 1.82. The zero-order valence-electron chi connectivity index (χ0n) is 4.87. The fraction of sp³-hybridized carbons (Fsp3) is 0.500. The molecule has 0 aliphatic rings. The number of hydrogen-bond acceptors (Lipinski definition) is 2. The SMILES string of the molecule is N[n+]1cnn(CCBr)c1. The van der Waals surface area contributed by atoms with E-state index in [0.29, 0.717) is 0 Å². The molecule has 5 heteroatoms. The predicted octanol–water partition coefficient (Wildman–Crippen LogP) is -0.721. The molecule has 1 heterocycles. The number of hydrogen-bond donors (Lipinski definition) is 1. The molecule has 0 bridgehead atoms. The van der Waals surface area contributed by atoms with Gasteiger partial charge in [-0.3, -0.25) is 5.84 Å². The van der Waals surface area contributed by atoms with Gasteiger partial charge in [0.25, 0.3) is 6.33 Å². The Morgan fingerprint density at radius 3 is 3.00 bits per heavy atom. The lowest BCUT2D eigenvalue weighted by Crippen LogP contribution is -2.42. The third-order valence-electron chi connectivity index (χ3n) is 0.914. The summed E-state index contributed by atoms with van der Waals surface area (Å²) in [6, 6.07) is 0. The number of aryl methyl sites for hydroxylation is 1. The van der Waals surface area contributed by atoms with E-state index in [-0.39, 0.29) is 0 Å². The number of halogens is 1. The van der Waals surface area contributed by atoms with Crippen LogP contribution in [-0.2, 0) is 6.54 Å². The number of nitrogens with zero attached hydrogens (tertiary/aromatic N) is 3. The Balaban J connectivity index is 2.61. The van der Waals surface area contributed by atoms with Gasteiger partial charge in [-0.05, 0) is 0 Å². The first-order valence-electron chi connectivity index (χ1n) is 2.57. The van der Waals surface area contributed by atoms with Crippen LogP contribution in [-0.4, -0.2) is 15.1 Å². The third kappa shape index (κ3) is 1.67. The molecule has 9 heavy (non-hydrogen) atoms. The first-order valence-corrected chi connectivity index (χ1v) is 3.70. The van der Waals surface area contributed by atoms with Gasteiger partial charge in [-0.1, -0.05) is 15.9 Å². The highest BCUT2D eigenvalue weighted by Gasteiger charge is 1.99. The number of alkyl halides is 1. The molecular formula is C4H8BrN4+. The minimum Gasteiger partial charge on any atom is -0.289 e. The van der Waals surface area contributed by atoms with Crippen molar-refractivity contribution in [2.45, 2.75) is 6.54 Å². The Labute approximate surface area is 61.4 Å². The highest BCUT2D eigenvalue weighted by molar-refractivity contribution is 9.09. The molecule has 2 N–H and O–H groups in total. The second-order valence-electron chi connectivity index (χ2n) is 1.65. The van der Waals surface area contributed by atoms with Gasteiger partial charge in [-0.2, -0.15) is 0 Å². The van der Waals surface area contributed by atoms with Gasteiger partial charge in [0.2, 0.25) is 6.33 Å². The van der Waals surface area contributed by atoms with Crippen molar-refractivity contribution in [3.05, 3.63) is 12.7 Å². The third-order valence-corrected chi connectivity index (χ3v) is 1.27. The molecule has 4 nitrogen and oxygen atoms in total. The van der Waals surface area contributed by atoms with Crippen molar-refractivity contribution in [3.8, 4) is 0 Å². The average molecular weight is 192 g/mol. The van der Waals surface area contributed by atoms with Crippen LogP contribution in [0.25, 0.3) is 0 Å². The molecular weight excluding hydrogens is 184 g/mol. The quantitative estimate of drug-likeness (QED) is 0.382. The molecule has 0 radical (unpaired) electrons. The van der Waals surface area contributed by atoms with Crippen LogP contribution in [0.1, 0.15) is 0 Å². The molecule has 0 saturated heterocycles. The van der Waals surface area contributed by atoms with Gasteiger partial charge in [0.1, 0.15) is 6.54 Å². The maximum atomic E-state index is 5.33. The summed E-state index contributed by atoms with van der Waals surface area (Å²) < 4.78 is 3.18. The molecule has 1 aromatic heterocycles. The molecule has 0 atom stereocenters. The minimum atomic E-state index is 0.851. The second-order valence-corrected chi connectivity index (χ2v) is 2.44. The summed E-state index contributed by atoms with van der Waals surface area (Å²) in [5.74, 6) is 5.33. The first kappa shape index (κ1) is 6.54. The fourth-order valence-electron chi connectivity index (χ4n) is 0.542. The maximum Gasteiger partial charge on any atom is 0.286 e. The van der Waals surface area contributed by atoms with Gasteiger partial charge in [0.05, 0.1) is 0 Å². The normalized spacial score (nSPS) is 9.89. The smallest absolute Gasteiger partial charge is 0.286 e. The molecule has 0 aliphatic heterocycles. The van der Waals surface area contributed by atoms with E-state index >= 15 is 0 Å². The van der Waals surface area contributed by atoms with Crippen molar-refractivity contribution in [1.82, 2.24) is 9.78 Å². The zero-order valence-corrected chi connectivity index (χ0v) is 6.45. The topological polar surface area (TPSA) is 47.7 Å². The van der Waals surface area contributed by atoms with E-state index < -0.39 is 0 Å². The van der Waals surface area contributed by atoms with Crippen molar-refractivity contribution < 1.29 is 4.68 Å². The summed E-state index contributed by atoms with van der Waals surface area (Å²) >= 11 is 3.28. The molecule has 50 valence electrons. The molecule has 0 aromatic carbocycles. The van der Waals surface area contributed by atoms with Crippen LogP contribution in [0.4, 0.5) is 0 Å². The average Bonchev–Trinajstić information content (AvgIpc) is 2.17. The number of nitrogen functional groups attached to an aromatic ring is 1. The molecule has 1 aromatic rings. The minimum absolute atomic E-state index is 0.851. The fourth-order valence-corrected chi connectivity index (χ4v) is 0.905. The lowest BCUT2D eigenvalue weighted by atomic mass is 10.8. The molecule has 0 saturated carbocycles. The Morgan fingerprint density at radius 2 is 2.56 bits per heavy atom. The van der Waals surface area contributed by atoms with Crippen molar-refractivity contribution in [1.29, 1.82) is 0 Å². The summed E-state index contributed by atoms with van der Waals surface area (Å²) in [6.45, 7) is 0.851. The first-order chi connectivity index (χ1) is 4.33. The summed E-state index contributed by atoms with van der Waals surface area (Å²) in [7, 11) is 0. The summed E-state index contributed by atoms with van der Waals surface area (Å²) in [4.78, 5) is 0. The predicted molar refractivity (Wildman–Crippen MR) is 36.4 cm³/mol. The van der Waals surface area contributed by atoms with E-state index in [1.807, 2.05) is 0 Å². The van der Waals surface area contributed by atoms with Crippen LogP contribution in [0.3, 0.4) is 0 Å². The van der Waals surface area contributed by atoms with Crippen LogP contribution < -0.4 is 10.5 Å². The monoisotopic (exact) mass is 191 g/mol. The lowest BCUT2D eigenvalue weighted by Gasteiger charge is -1.82. The van der Waals surface area contributed by atoms with Gasteiger partial charge in [-0.25, -0.2) is 0 Å². The van der Waals surface area contributed by atoms with Gasteiger partial charge >= 0.3 is 0 Å². The van der Waals surface area contributed by atoms with Crippen LogP contribution in [0.15, 0.2) is 12.7 Å². The van der Waals surface area contributed by atoms with Gasteiger partial charge in [0.15, 0.2) is 0 Å². The van der Waals surface area contributed by atoms with Crippen molar-refractivity contribution in [2.24, 2.45) is 0 Å². The molecule has 0 amide bonds. The van der Waals surface area contributed by atoms with Crippen LogP contribution in [0, 0.1) is 0 Å². The van der Waals surface area contributed by atoms with E-state index in [2.05, 4.69) is 21.0 Å². The summed E-state index contributed by atoms with van der Waals surface area (Å²) in [5.41, 5.74) is 0. The highest BCUT2D eigenvalue weighted by atomic mass is 79.9. The van der Waals surface area contributed by atoms with Crippen molar-refractivity contribution in [3.63, 3.8) is 0 Å². The molecule has 0 fully saturated rings. The molecule has 1 rings (SSSR count).